The number of hydrogen-bond acceptors (Lipinski definition) is 4. The second-order valence-electron chi connectivity index (χ2n) is 5.56. The van der Waals surface area contributed by atoms with E-state index in [1.165, 1.54) is 7.11 Å². The number of benzene rings is 1. The summed E-state index contributed by atoms with van der Waals surface area (Å²) in [6.07, 6.45) is 4.09. The summed E-state index contributed by atoms with van der Waals surface area (Å²) < 4.78 is 10.7. The largest absolute Gasteiger partial charge is 0.493 e. The van der Waals surface area contributed by atoms with E-state index in [0.717, 1.165) is 25.9 Å². The minimum absolute atomic E-state index is 0.0959. The van der Waals surface area contributed by atoms with Gasteiger partial charge >= 0.3 is 0 Å². The highest BCUT2D eigenvalue weighted by atomic mass is 16.5. The van der Waals surface area contributed by atoms with Crippen molar-refractivity contribution in [2.45, 2.75) is 19.3 Å². The lowest BCUT2D eigenvalue weighted by Gasteiger charge is -2.15. The van der Waals surface area contributed by atoms with Crippen LogP contribution in [0.2, 0.25) is 0 Å². The van der Waals surface area contributed by atoms with Gasteiger partial charge in [0.15, 0.2) is 11.5 Å². The maximum absolute atomic E-state index is 12.2. The number of methoxy groups -OCH3 is 1. The van der Waals surface area contributed by atoms with Crippen molar-refractivity contribution in [3.63, 3.8) is 0 Å². The third kappa shape index (κ3) is 4.75. The third-order valence-corrected chi connectivity index (χ3v) is 3.87. The van der Waals surface area contributed by atoms with Gasteiger partial charge in [-0.05, 0) is 31.0 Å². The Kier molecular flexibility index (Phi) is 6.66. The molecule has 2 rings (SSSR count). The number of carbonyl (C=O) groups excluding carboxylic acids is 2. The average Bonchev–Trinajstić information content (AvgIpc) is 3.14. The van der Waals surface area contributed by atoms with Crippen molar-refractivity contribution in [2.24, 2.45) is 0 Å². The van der Waals surface area contributed by atoms with Crippen LogP contribution in [0.5, 0.6) is 11.5 Å². The average molecular weight is 332 g/mol. The Bertz CT molecular complexity index is 595. The Morgan fingerprint density at radius 1 is 1.29 bits per heavy atom. The quantitative estimate of drug-likeness (QED) is 0.740. The molecule has 0 spiro atoms. The Morgan fingerprint density at radius 3 is 2.71 bits per heavy atom. The standard InChI is InChI=1S/C18H24N2O4/c1-3-12-24-15-7-6-14(13-16(15)23-2)18(22)19-9-8-17(21)20-10-4-5-11-20/h3,6-7,13H,1,4-5,8-12H2,2H3,(H,19,22). The van der Waals surface area contributed by atoms with E-state index >= 15 is 0 Å². The topological polar surface area (TPSA) is 67.9 Å². The summed E-state index contributed by atoms with van der Waals surface area (Å²) in [6.45, 7) is 5.94. The minimum atomic E-state index is -0.238. The summed E-state index contributed by atoms with van der Waals surface area (Å²) in [6, 6.07) is 4.97. The van der Waals surface area contributed by atoms with Crippen molar-refractivity contribution in [3.8, 4) is 11.5 Å². The molecule has 0 radical (unpaired) electrons. The molecule has 24 heavy (non-hydrogen) atoms. The molecule has 1 heterocycles. The molecule has 0 saturated carbocycles. The molecule has 1 aliphatic heterocycles. The molecule has 0 aliphatic carbocycles. The summed E-state index contributed by atoms with van der Waals surface area (Å²) >= 11 is 0. The van der Waals surface area contributed by atoms with Crippen molar-refractivity contribution >= 4 is 11.8 Å². The lowest BCUT2D eigenvalue weighted by Crippen LogP contribution is -2.32. The van der Waals surface area contributed by atoms with Gasteiger partial charge in [-0.3, -0.25) is 9.59 Å². The van der Waals surface area contributed by atoms with Gasteiger partial charge < -0.3 is 19.7 Å². The van der Waals surface area contributed by atoms with E-state index in [-0.39, 0.29) is 11.8 Å². The molecule has 1 aliphatic rings. The van der Waals surface area contributed by atoms with Crippen molar-refractivity contribution in [2.75, 3.05) is 33.4 Å². The van der Waals surface area contributed by atoms with Crippen LogP contribution in [-0.4, -0.2) is 50.1 Å². The van der Waals surface area contributed by atoms with Crippen LogP contribution < -0.4 is 14.8 Å². The number of hydrogen-bond donors (Lipinski definition) is 1. The van der Waals surface area contributed by atoms with Crippen molar-refractivity contribution in [3.05, 3.63) is 36.4 Å². The van der Waals surface area contributed by atoms with Crippen molar-refractivity contribution < 1.29 is 19.1 Å². The first-order valence-electron chi connectivity index (χ1n) is 8.13. The van der Waals surface area contributed by atoms with E-state index < -0.39 is 0 Å². The molecule has 1 fully saturated rings. The summed E-state index contributed by atoms with van der Waals surface area (Å²) in [5, 5.41) is 2.77. The number of nitrogens with zero attached hydrogens (tertiary/aromatic N) is 1. The van der Waals surface area contributed by atoms with E-state index in [4.69, 9.17) is 9.47 Å². The first-order valence-corrected chi connectivity index (χ1v) is 8.13. The van der Waals surface area contributed by atoms with Gasteiger partial charge in [0.2, 0.25) is 5.91 Å². The van der Waals surface area contributed by atoms with E-state index in [1.807, 2.05) is 4.90 Å². The molecule has 130 valence electrons. The Balaban J connectivity index is 1.87. The highest BCUT2D eigenvalue weighted by Crippen LogP contribution is 2.28. The van der Waals surface area contributed by atoms with Crippen LogP contribution >= 0.6 is 0 Å². The smallest absolute Gasteiger partial charge is 0.251 e. The fraction of sp³-hybridized carbons (Fsp3) is 0.444. The molecular weight excluding hydrogens is 308 g/mol. The first kappa shape index (κ1) is 17.8. The summed E-state index contributed by atoms with van der Waals surface area (Å²) in [5.74, 6) is 0.896. The molecule has 1 N–H and O–H groups in total. The predicted molar refractivity (Wildman–Crippen MR) is 91.5 cm³/mol. The van der Waals surface area contributed by atoms with Crippen molar-refractivity contribution in [1.29, 1.82) is 0 Å². The van der Waals surface area contributed by atoms with Gasteiger partial charge in [-0.2, -0.15) is 0 Å². The maximum Gasteiger partial charge on any atom is 0.251 e. The zero-order valence-electron chi connectivity index (χ0n) is 14.0. The van der Waals surface area contributed by atoms with Gasteiger partial charge in [0.25, 0.3) is 5.91 Å². The molecule has 0 bridgehead atoms. The Morgan fingerprint density at radius 2 is 2.04 bits per heavy atom. The lowest BCUT2D eigenvalue weighted by atomic mass is 10.2. The van der Waals surface area contributed by atoms with Crippen LogP contribution in [0.25, 0.3) is 0 Å². The highest BCUT2D eigenvalue weighted by Gasteiger charge is 2.18. The Labute approximate surface area is 142 Å². The number of rotatable bonds is 8. The van der Waals surface area contributed by atoms with Crippen molar-refractivity contribution in [1.82, 2.24) is 10.2 Å². The molecule has 6 heteroatoms. The van der Waals surface area contributed by atoms with E-state index in [1.54, 1.807) is 24.3 Å². The van der Waals surface area contributed by atoms with Crippen LogP contribution in [0, 0.1) is 0 Å². The normalized spacial score (nSPS) is 13.5. The van der Waals surface area contributed by atoms with Crippen LogP contribution in [0.15, 0.2) is 30.9 Å². The number of amides is 2. The second kappa shape index (κ2) is 8.96. The zero-order chi connectivity index (χ0) is 17.4. The van der Waals surface area contributed by atoms with E-state index in [9.17, 15) is 9.59 Å². The van der Waals surface area contributed by atoms with Crippen LogP contribution in [-0.2, 0) is 4.79 Å². The van der Waals surface area contributed by atoms with E-state index in [0.29, 0.717) is 36.6 Å². The van der Waals surface area contributed by atoms with Gasteiger partial charge in [-0.15, -0.1) is 0 Å². The molecule has 0 atom stereocenters. The molecule has 0 unspecified atom stereocenters. The molecule has 1 aromatic rings. The Hall–Kier alpha value is -2.50. The SMILES string of the molecule is C=CCOc1ccc(C(=O)NCCC(=O)N2CCCC2)cc1OC. The molecule has 1 aromatic carbocycles. The van der Waals surface area contributed by atoms with Crippen LogP contribution in [0.4, 0.5) is 0 Å². The van der Waals surface area contributed by atoms with Gasteiger partial charge in [0, 0.05) is 31.6 Å². The molecule has 6 nitrogen and oxygen atoms in total. The monoisotopic (exact) mass is 332 g/mol. The first-order chi connectivity index (χ1) is 11.7. The number of ether oxygens (including phenoxy) is 2. The van der Waals surface area contributed by atoms with Gasteiger partial charge in [0.05, 0.1) is 7.11 Å². The lowest BCUT2D eigenvalue weighted by molar-refractivity contribution is -0.129. The fourth-order valence-electron chi connectivity index (χ4n) is 2.59. The van der Waals surface area contributed by atoms with E-state index in [2.05, 4.69) is 11.9 Å². The number of likely N-dealkylation sites (tertiary alicyclic amines) is 1. The summed E-state index contributed by atoms with van der Waals surface area (Å²) in [7, 11) is 1.52. The van der Waals surface area contributed by atoms with Gasteiger partial charge in [-0.25, -0.2) is 0 Å². The number of carbonyl (C=O) groups is 2. The summed E-state index contributed by atoms with van der Waals surface area (Å²) in [4.78, 5) is 26.0. The van der Waals surface area contributed by atoms with Crippen LogP contribution in [0.3, 0.4) is 0 Å². The van der Waals surface area contributed by atoms with Gasteiger partial charge in [0.1, 0.15) is 6.61 Å². The molecule has 0 aromatic heterocycles. The predicted octanol–water partition coefficient (Wildman–Crippen LogP) is 2.00. The maximum atomic E-state index is 12.2. The highest BCUT2D eigenvalue weighted by molar-refractivity contribution is 5.95. The summed E-state index contributed by atoms with van der Waals surface area (Å²) in [5.41, 5.74) is 0.464. The molecule has 1 saturated heterocycles. The zero-order valence-corrected chi connectivity index (χ0v) is 14.0. The molecular formula is C18H24N2O4. The van der Waals surface area contributed by atoms with Gasteiger partial charge in [-0.1, -0.05) is 12.7 Å². The fourth-order valence-corrected chi connectivity index (χ4v) is 2.59. The molecule has 2 amide bonds. The second-order valence-corrected chi connectivity index (χ2v) is 5.56. The van der Waals surface area contributed by atoms with Crippen LogP contribution in [0.1, 0.15) is 29.6 Å². The minimum Gasteiger partial charge on any atom is -0.493 e. The third-order valence-electron chi connectivity index (χ3n) is 3.87. The number of nitrogens with one attached hydrogen (secondary N) is 1.